The summed E-state index contributed by atoms with van der Waals surface area (Å²) in [5.41, 5.74) is 5.70. The Labute approximate surface area is 182 Å². The lowest BCUT2D eigenvalue weighted by atomic mass is 10.1. The number of carbonyl (C=O) groups is 1. The first-order valence-electron chi connectivity index (χ1n) is 10.1. The van der Waals surface area contributed by atoms with Crippen molar-refractivity contribution in [1.82, 2.24) is 14.0 Å². The molecule has 0 aliphatic rings. The highest BCUT2D eigenvalue weighted by Gasteiger charge is 2.14. The molecule has 0 aliphatic carbocycles. The van der Waals surface area contributed by atoms with Crippen molar-refractivity contribution in [1.29, 1.82) is 0 Å². The molecule has 0 saturated heterocycles. The maximum atomic E-state index is 13.2. The molecule has 0 spiro atoms. The minimum atomic E-state index is -0.286. The number of ether oxygens (including phenoxy) is 1. The van der Waals surface area contributed by atoms with Gasteiger partial charge in [-0.15, -0.1) is 0 Å². The van der Waals surface area contributed by atoms with Gasteiger partial charge in [0.15, 0.2) is 4.96 Å². The summed E-state index contributed by atoms with van der Waals surface area (Å²) in [5, 5.41) is 0.980. The van der Waals surface area contributed by atoms with E-state index in [1.165, 1.54) is 11.3 Å². The molecule has 0 N–H and O–H groups in total. The summed E-state index contributed by atoms with van der Waals surface area (Å²) >= 11 is 1.38. The van der Waals surface area contributed by atoms with Gasteiger partial charge in [0.1, 0.15) is 6.54 Å². The number of hydrogen-bond acceptors (Lipinski definition) is 5. The van der Waals surface area contributed by atoms with Crippen molar-refractivity contribution in [2.75, 3.05) is 6.61 Å². The number of hydrogen-bond donors (Lipinski definition) is 0. The number of nitrogens with zero attached hydrogens (tertiary/aromatic N) is 3. The van der Waals surface area contributed by atoms with Crippen LogP contribution in [0.25, 0.3) is 33.0 Å². The quantitative estimate of drug-likeness (QED) is 0.408. The molecule has 3 aromatic heterocycles. The fourth-order valence-electron chi connectivity index (χ4n) is 3.93. The van der Waals surface area contributed by atoms with E-state index in [0.29, 0.717) is 16.1 Å². The second-order valence-electron chi connectivity index (χ2n) is 7.61. The number of rotatable bonds is 4. The van der Waals surface area contributed by atoms with Gasteiger partial charge in [-0.1, -0.05) is 29.5 Å². The Morgan fingerprint density at radius 2 is 1.94 bits per heavy atom. The predicted octanol–water partition coefficient (Wildman–Crippen LogP) is 3.59. The average Bonchev–Trinajstić information content (AvgIpc) is 3.35. The number of fused-ring (bicyclic) bond motifs is 4. The maximum Gasteiger partial charge on any atom is 0.325 e. The Morgan fingerprint density at radius 3 is 2.74 bits per heavy atom. The Kier molecular flexibility index (Phi) is 4.63. The highest BCUT2D eigenvalue weighted by molar-refractivity contribution is 7.15. The monoisotopic (exact) mass is 431 g/mol. The maximum absolute atomic E-state index is 13.2. The molecule has 7 heteroatoms. The lowest BCUT2D eigenvalue weighted by Gasteiger charge is -2.04. The van der Waals surface area contributed by atoms with Crippen LogP contribution in [-0.4, -0.2) is 26.5 Å². The van der Waals surface area contributed by atoms with Gasteiger partial charge in [0.2, 0.25) is 0 Å². The molecule has 6 nitrogen and oxygen atoms in total. The highest BCUT2D eigenvalue weighted by atomic mass is 32.1. The molecule has 0 bridgehead atoms. The summed E-state index contributed by atoms with van der Waals surface area (Å²) in [5.74, 6) is -0.286. The van der Waals surface area contributed by atoms with E-state index >= 15 is 0 Å². The number of imidazole rings is 1. The van der Waals surface area contributed by atoms with Crippen LogP contribution in [0.4, 0.5) is 0 Å². The van der Waals surface area contributed by atoms with Crippen molar-refractivity contribution in [3.8, 4) is 0 Å². The zero-order chi connectivity index (χ0) is 21.7. The molecule has 5 rings (SSSR count). The summed E-state index contributed by atoms with van der Waals surface area (Å²) in [6.07, 6.45) is 3.79. The van der Waals surface area contributed by atoms with Gasteiger partial charge in [0.25, 0.3) is 5.56 Å². The standard InChI is InChI=1S/C24H21N3O3S/c1-4-30-22(28)13-26-12-16(17-7-5-6-8-19(17)26)11-21-23(29)27-20-10-15(3)14(2)9-18(20)25-24(27)31-21/h5-12H,4,13H2,1-3H3/b21-11-. The van der Waals surface area contributed by atoms with Crippen LogP contribution in [-0.2, 0) is 16.1 Å². The van der Waals surface area contributed by atoms with E-state index in [-0.39, 0.29) is 18.1 Å². The van der Waals surface area contributed by atoms with E-state index in [1.807, 2.05) is 67.1 Å². The molecule has 0 fully saturated rings. The van der Waals surface area contributed by atoms with Crippen molar-refractivity contribution in [3.63, 3.8) is 0 Å². The van der Waals surface area contributed by atoms with E-state index < -0.39 is 0 Å². The number of carbonyl (C=O) groups excluding carboxylic acids is 1. The molecule has 5 aromatic rings. The van der Waals surface area contributed by atoms with Crippen LogP contribution >= 0.6 is 11.3 Å². The van der Waals surface area contributed by atoms with Gasteiger partial charge in [-0.05, 0) is 56.2 Å². The third-order valence-corrected chi connectivity index (χ3v) is 6.53. The molecule has 0 amide bonds. The van der Waals surface area contributed by atoms with Gasteiger partial charge in [0.05, 0.1) is 22.2 Å². The molecule has 0 aliphatic heterocycles. The third kappa shape index (κ3) is 3.21. The minimum absolute atomic E-state index is 0.0759. The molecule has 0 saturated carbocycles. The Bertz CT molecular complexity index is 1590. The highest BCUT2D eigenvalue weighted by Crippen LogP contribution is 2.23. The summed E-state index contributed by atoms with van der Waals surface area (Å²) < 4.78 is 9.27. The van der Waals surface area contributed by atoms with Crippen LogP contribution in [0.2, 0.25) is 0 Å². The van der Waals surface area contributed by atoms with Gasteiger partial charge >= 0.3 is 5.97 Å². The molecular weight excluding hydrogens is 410 g/mol. The summed E-state index contributed by atoms with van der Waals surface area (Å²) in [4.78, 5) is 30.6. The topological polar surface area (TPSA) is 65.6 Å². The van der Waals surface area contributed by atoms with Crippen LogP contribution in [0, 0.1) is 13.8 Å². The molecular formula is C24H21N3O3S. The number of benzene rings is 2. The lowest BCUT2D eigenvalue weighted by molar-refractivity contribution is -0.143. The summed E-state index contributed by atoms with van der Waals surface area (Å²) in [6.45, 7) is 6.35. The van der Waals surface area contributed by atoms with Gasteiger partial charge < -0.3 is 9.30 Å². The largest absolute Gasteiger partial charge is 0.465 e. The molecule has 156 valence electrons. The summed E-state index contributed by atoms with van der Waals surface area (Å²) in [7, 11) is 0. The van der Waals surface area contributed by atoms with Crippen LogP contribution in [0.1, 0.15) is 23.6 Å². The van der Waals surface area contributed by atoms with Gasteiger partial charge in [-0.3, -0.25) is 9.59 Å². The normalized spacial score (nSPS) is 12.4. The average molecular weight is 432 g/mol. The van der Waals surface area contributed by atoms with Gasteiger partial charge in [0, 0.05) is 22.7 Å². The van der Waals surface area contributed by atoms with E-state index in [0.717, 1.165) is 38.6 Å². The van der Waals surface area contributed by atoms with Crippen molar-refractivity contribution in [2.24, 2.45) is 0 Å². The molecule has 0 unspecified atom stereocenters. The first-order valence-corrected chi connectivity index (χ1v) is 11.0. The smallest absolute Gasteiger partial charge is 0.325 e. The minimum Gasteiger partial charge on any atom is -0.465 e. The first kappa shape index (κ1) is 19.5. The molecule has 3 heterocycles. The predicted molar refractivity (Wildman–Crippen MR) is 124 cm³/mol. The van der Waals surface area contributed by atoms with E-state index in [4.69, 9.17) is 4.74 Å². The zero-order valence-electron chi connectivity index (χ0n) is 17.5. The first-order chi connectivity index (χ1) is 15.0. The van der Waals surface area contributed by atoms with Crippen LogP contribution in [0.3, 0.4) is 0 Å². The fraction of sp³-hybridized carbons (Fsp3) is 0.208. The van der Waals surface area contributed by atoms with Crippen LogP contribution < -0.4 is 10.1 Å². The molecule has 31 heavy (non-hydrogen) atoms. The molecule has 2 aromatic carbocycles. The Hall–Kier alpha value is -3.45. The lowest BCUT2D eigenvalue weighted by Crippen LogP contribution is -2.22. The van der Waals surface area contributed by atoms with Crippen molar-refractivity contribution in [2.45, 2.75) is 27.3 Å². The van der Waals surface area contributed by atoms with E-state index in [2.05, 4.69) is 4.98 Å². The number of aryl methyl sites for hydroxylation is 2. The third-order valence-electron chi connectivity index (χ3n) is 5.57. The molecule has 0 atom stereocenters. The molecule has 0 radical (unpaired) electrons. The van der Waals surface area contributed by atoms with Crippen molar-refractivity contribution < 1.29 is 9.53 Å². The number of para-hydroxylation sites is 1. The van der Waals surface area contributed by atoms with Crippen molar-refractivity contribution in [3.05, 3.63) is 74.2 Å². The van der Waals surface area contributed by atoms with Crippen LogP contribution in [0.5, 0.6) is 0 Å². The van der Waals surface area contributed by atoms with Crippen LogP contribution in [0.15, 0.2) is 47.4 Å². The van der Waals surface area contributed by atoms with E-state index in [9.17, 15) is 9.59 Å². The summed E-state index contributed by atoms with van der Waals surface area (Å²) in [6, 6.07) is 11.9. The Balaban J connectivity index is 1.69. The number of aromatic nitrogens is 3. The Morgan fingerprint density at radius 1 is 1.16 bits per heavy atom. The second kappa shape index (κ2) is 7.35. The van der Waals surface area contributed by atoms with Gasteiger partial charge in [-0.2, -0.15) is 0 Å². The SMILES string of the molecule is CCOC(=O)Cn1cc(/C=c2\sc3nc4cc(C)c(C)cc4n3c2=O)c2ccccc21. The zero-order valence-corrected chi connectivity index (χ0v) is 18.3. The van der Waals surface area contributed by atoms with E-state index in [1.54, 1.807) is 11.3 Å². The van der Waals surface area contributed by atoms with Gasteiger partial charge in [-0.25, -0.2) is 9.38 Å². The second-order valence-corrected chi connectivity index (χ2v) is 8.61. The van der Waals surface area contributed by atoms with Crippen molar-refractivity contribution >= 4 is 50.3 Å². The number of esters is 1. The number of thiazole rings is 1. The fourth-order valence-corrected chi connectivity index (χ4v) is 4.90.